The number of rotatable bonds is 7. The van der Waals surface area contributed by atoms with E-state index in [1.165, 1.54) is 11.1 Å². The van der Waals surface area contributed by atoms with Crippen molar-refractivity contribution in [2.24, 2.45) is 0 Å². The lowest BCUT2D eigenvalue weighted by atomic mass is 9.81. The molecule has 5 aromatic carbocycles. The molecule has 0 amide bonds. The van der Waals surface area contributed by atoms with Crippen LogP contribution >= 0.6 is 0 Å². The second-order valence-corrected chi connectivity index (χ2v) is 15.4. The molecule has 278 valence electrons. The van der Waals surface area contributed by atoms with Crippen LogP contribution in [0.4, 0.5) is 0 Å². The number of pyridine rings is 3. The summed E-state index contributed by atoms with van der Waals surface area (Å²) in [5.41, 5.74) is 17.3. The van der Waals surface area contributed by atoms with E-state index in [4.69, 9.17) is 15.0 Å². The largest absolute Gasteiger partial charge is 0.264 e. The fraction of sp³-hybridized carbons (Fsp3) is 0.0566. The standard InChI is InChI=1S/C53H36N6/c1-53(2)46-20-17-34(31-54)23-45(46)44-19-18-37(27-47(44)53)40-24-41(42-28-48(38-15-9-21-55-32-38)57-49(29-42)39-16-10-22-56-33-39)26-43(25-40)51-30-50(35-11-5-3-6-12-35)58-52(59-51)36-13-7-4-8-14-36/h3-30,32-33H,1-2H3. The third kappa shape index (κ3) is 6.65. The Morgan fingerprint density at radius 1 is 0.407 bits per heavy atom. The topological polar surface area (TPSA) is 88.2 Å². The van der Waals surface area contributed by atoms with Crippen LogP contribution in [0.5, 0.6) is 0 Å². The molecule has 0 radical (unpaired) electrons. The molecule has 0 aliphatic heterocycles. The van der Waals surface area contributed by atoms with Gasteiger partial charge in [0.05, 0.1) is 34.4 Å². The highest BCUT2D eigenvalue weighted by atomic mass is 14.9. The van der Waals surface area contributed by atoms with Gasteiger partial charge in [-0.15, -0.1) is 0 Å². The minimum Gasteiger partial charge on any atom is -0.264 e. The molecule has 6 heteroatoms. The zero-order valence-corrected chi connectivity index (χ0v) is 32.5. The van der Waals surface area contributed by atoms with E-state index in [0.29, 0.717) is 11.4 Å². The van der Waals surface area contributed by atoms with Crippen LogP contribution in [0.2, 0.25) is 0 Å². The van der Waals surface area contributed by atoms with Crippen LogP contribution in [0.25, 0.3) is 89.8 Å². The molecule has 0 spiro atoms. The lowest BCUT2D eigenvalue weighted by molar-refractivity contribution is 0.660. The van der Waals surface area contributed by atoms with Crippen LogP contribution in [0.1, 0.15) is 30.5 Å². The lowest BCUT2D eigenvalue weighted by Gasteiger charge is -2.22. The summed E-state index contributed by atoms with van der Waals surface area (Å²) in [4.78, 5) is 24.3. The first-order valence-corrected chi connectivity index (χ1v) is 19.6. The predicted molar refractivity (Wildman–Crippen MR) is 236 cm³/mol. The Balaban J connectivity index is 1.21. The van der Waals surface area contributed by atoms with E-state index in [1.54, 1.807) is 12.4 Å². The number of hydrogen-bond donors (Lipinski definition) is 0. The van der Waals surface area contributed by atoms with Crippen molar-refractivity contribution in [1.29, 1.82) is 5.26 Å². The number of nitrogens with zero attached hydrogens (tertiary/aromatic N) is 6. The Labute approximate surface area is 343 Å². The molecule has 0 saturated carbocycles. The Bertz CT molecular complexity index is 2800. The van der Waals surface area contributed by atoms with Crippen LogP contribution < -0.4 is 0 Å². The molecule has 1 aliphatic rings. The minimum atomic E-state index is -0.251. The van der Waals surface area contributed by atoms with Crippen molar-refractivity contribution >= 4 is 0 Å². The molecule has 0 saturated heterocycles. The van der Waals surface area contributed by atoms with Crippen molar-refractivity contribution in [2.75, 3.05) is 0 Å². The van der Waals surface area contributed by atoms with E-state index >= 15 is 0 Å². The van der Waals surface area contributed by atoms with Crippen molar-refractivity contribution in [3.8, 4) is 95.9 Å². The smallest absolute Gasteiger partial charge is 0.160 e. The Hall–Kier alpha value is -7.88. The molecule has 10 rings (SSSR count). The molecule has 4 heterocycles. The van der Waals surface area contributed by atoms with Crippen molar-refractivity contribution < 1.29 is 0 Å². The third-order valence-electron chi connectivity index (χ3n) is 11.3. The molecule has 59 heavy (non-hydrogen) atoms. The van der Waals surface area contributed by atoms with Crippen LogP contribution in [0.15, 0.2) is 183 Å². The second kappa shape index (κ2) is 14.6. The Morgan fingerprint density at radius 3 is 1.59 bits per heavy atom. The highest BCUT2D eigenvalue weighted by Crippen LogP contribution is 2.50. The molecule has 0 fully saturated rings. The van der Waals surface area contributed by atoms with Gasteiger partial charge in [-0.05, 0) is 123 Å². The molecule has 0 atom stereocenters. The molecule has 9 aromatic rings. The highest BCUT2D eigenvalue weighted by molar-refractivity contribution is 5.88. The first kappa shape index (κ1) is 35.5. The molecule has 0 N–H and O–H groups in total. The normalized spacial score (nSPS) is 12.4. The molecule has 6 nitrogen and oxygen atoms in total. The van der Waals surface area contributed by atoms with Crippen LogP contribution in [-0.2, 0) is 5.41 Å². The van der Waals surface area contributed by atoms with Gasteiger partial charge in [0, 0.05) is 58.0 Å². The maximum atomic E-state index is 9.74. The summed E-state index contributed by atoms with van der Waals surface area (Å²) in [6, 6.07) is 56.6. The number of nitriles is 1. The van der Waals surface area contributed by atoms with Crippen molar-refractivity contribution in [3.63, 3.8) is 0 Å². The third-order valence-corrected chi connectivity index (χ3v) is 11.3. The summed E-state index contributed by atoms with van der Waals surface area (Å²) in [6.45, 7) is 4.53. The van der Waals surface area contributed by atoms with Gasteiger partial charge in [-0.3, -0.25) is 9.97 Å². The summed E-state index contributed by atoms with van der Waals surface area (Å²) in [5.74, 6) is 0.657. The van der Waals surface area contributed by atoms with E-state index in [9.17, 15) is 5.26 Å². The monoisotopic (exact) mass is 756 g/mol. The Morgan fingerprint density at radius 2 is 0.966 bits per heavy atom. The lowest BCUT2D eigenvalue weighted by Crippen LogP contribution is -2.15. The average molecular weight is 757 g/mol. The van der Waals surface area contributed by atoms with Gasteiger partial charge in [0.25, 0.3) is 0 Å². The summed E-state index contributed by atoms with van der Waals surface area (Å²) < 4.78 is 0. The van der Waals surface area contributed by atoms with Crippen LogP contribution in [0, 0.1) is 11.3 Å². The van der Waals surface area contributed by atoms with E-state index in [2.05, 4.69) is 115 Å². The quantitative estimate of drug-likeness (QED) is 0.161. The summed E-state index contributed by atoms with van der Waals surface area (Å²) in [7, 11) is 0. The number of hydrogen-bond acceptors (Lipinski definition) is 6. The number of fused-ring (bicyclic) bond motifs is 3. The maximum absolute atomic E-state index is 9.74. The van der Waals surface area contributed by atoms with Gasteiger partial charge in [-0.1, -0.05) is 92.7 Å². The number of aromatic nitrogens is 5. The van der Waals surface area contributed by atoms with Gasteiger partial charge in [0.2, 0.25) is 0 Å². The molecular weight excluding hydrogens is 721 g/mol. The number of benzene rings is 5. The Kier molecular flexibility index (Phi) is 8.77. The molecule has 0 unspecified atom stereocenters. The fourth-order valence-electron chi connectivity index (χ4n) is 8.20. The average Bonchev–Trinajstić information content (AvgIpc) is 3.54. The molecular formula is C53H36N6. The van der Waals surface area contributed by atoms with E-state index in [0.717, 1.165) is 84.0 Å². The van der Waals surface area contributed by atoms with Gasteiger partial charge < -0.3 is 0 Å². The van der Waals surface area contributed by atoms with Gasteiger partial charge in [0.15, 0.2) is 5.82 Å². The maximum Gasteiger partial charge on any atom is 0.160 e. The summed E-state index contributed by atoms with van der Waals surface area (Å²) in [5, 5.41) is 9.74. The molecule has 0 bridgehead atoms. The predicted octanol–water partition coefficient (Wildman–Crippen LogP) is 12.5. The van der Waals surface area contributed by atoms with E-state index < -0.39 is 0 Å². The fourth-order valence-corrected chi connectivity index (χ4v) is 8.20. The van der Waals surface area contributed by atoms with Crippen LogP contribution in [-0.4, -0.2) is 24.9 Å². The minimum absolute atomic E-state index is 0.251. The van der Waals surface area contributed by atoms with Crippen molar-refractivity contribution in [1.82, 2.24) is 24.9 Å². The highest BCUT2D eigenvalue weighted by Gasteiger charge is 2.35. The van der Waals surface area contributed by atoms with Gasteiger partial charge in [0.1, 0.15) is 0 Å². The first-order chi connectivity index (χ1) is 28.9. The second-order valence-electron chi connectivity index (χ2n) is 15.4. The zero-order valence-electron chi connectivity index (χ0n) is 32.5. The molecule has 4 aromatic heterocycles. The van der Waals surface area contributed by atoms with Gasteiger partial charge in [-0.25, -0.2) is 15.0 Å². The van der Waals surface area contributed by atoms with E-state index in [1.807, 2.05) is 85.2 Å². The summed E-state index contributed by atoms with van der Waals surface area (Å²) >= 11 is 0. The van der Waals surface area contributed by atoms with Gasteiger partial charge in [-0.2, -0.15) is 5.26 Å². The first-order valence-electron chi connectivity index (χ1n) is 19.6. The van der Waals surface area contributed by atoms with Crippen molar-refractivity contribution in [3.05, 3.63) is 199 Å². The van der Waals surface area contributed by atoms with Crippen molar-refractivity contribution in [2.45, 2.75) is 19.3 Å². The SMILES string of the molecule is CC1(C)c2ccc(C#N)cc2-c2ccc(-c3cc(-c4cc(-c5cccnc5)nc(-c5cccnc5)c4)cc(-c4cc(-c5ccccc5)nc(-c5ccccc5)n4)c3)cc21. The summed E-state index contributed by atoms with van der Waals surface area (Å²) in [6.07, 6.45) is 7.25. The molecule has 1 aliphatic carbocycles. The van der Waals surface area contributed by atoms with Crippen LogP contribution in [0.3, 0.4) is 0 Å². The van der Waals surface area contributed by atoms with Gasteiger partial charge >= 0.3 is 0 Å². The zero-order chi connectivity index (χ0) is 39.9. The van der Waals surface area contributed by atoms with E-state index in [-0.39, 0.29) is 5.41 Å².